The number of piperidine rings is 1. The third-order valence-corrected chi connectivity index (χ3v) is 3.83. The van der Waals surface area contributed by atoms with Gasteiger partial charge in [-0.05, 0) is 37.8 Å². The molecular formula is C15H22N2O. The number of carbonyl (C=O) groups is 1. The summed E-state index contributed by atoms with van der Waals surface area (Å²) in [6, 6.07) is 8.06. The maximum Gasteiger partial charge on any atom is 0.256 e. The number of carbonyl (C=O) groups excluding carboxylic acids is 1. The molecular weight excluding hydrogens is 224 g/mol. The molecule has 1 amide bonds. The summed E-state index contributed by atoms with van der Waals surface area (Å²) in [5.41, 5.74) is 1.69. The average molecular weight is 246 g/mol. The Balaban J connectivity index is 2.20. The van der Waals surface area contributed by atoms with E-state index in [1.165, 1.54) is 0 Å². The van der Waals surface area contributed by atoms with E-state index in [0.29, 0.717) is 6.04 Å². The van der Waals surface area contributed by atoms with Crippen molar-refractivity contribution in [2.75, 3.05) is 18.9 Å². The van der Waals surface area contributed by atoms with Gasteiger partial charge in [-0.2, -0.15) is 0 Å². The summed E-state index contributed by atoms with van der Waals surface area (Å²) in [5, 5.41) is 3.09. The van der Waals surface area contributed by atoms with E-state index in [-0.39, 0.29) is 5.91 Å². The number of anilines is 1. The van der Waals surface area contributed by atoms with E-state index >= 15 is 0 Å². The molecule has 0 bridgehead atoms. The quantitative estimate of drug-likeness (QED) is 0.870. The number of nitrogens with zero attached hydrogens (tertiary/aromatic N) is 1. The highest BCUT2D eigenvalue weighted by Crippen LogP contribution is 2.25. The second-order valence-electron chi connectivity index (χ2n) is 5.27. The summed E-state index contributed by atoms with van der Waals surface area (Å²) >= 11 is 0. The Kier molecular flexibility index (Phi) is 3.90. The van der Waals surface area contributed by atoms with E-state index in [4.69, 9.17) is 0 Å². The molecule has 0 radical (unpaired) electrons. The molecule has 18 heavy (non-hydrogen) atoms. The van der Waals surface area contributed by atoms with Crippen molar-refractivity contribution in [3.05, 3.63) is 29.8 Å². The zero-order valence-corrected chi connectivity index (χ0v) is 11.4. The van der Waals surface area contributed by atoms with Crippen molar-refractivity contribution in [3.63, 3.8) is 0 Å². The molecule has 0 saturated carbocycles. The van der Waals surface area contributed by atoms with Gasteiger partial charge in [0.05, 0.1) is 5.56 Å². The predicted molar refractivity (Wildman–Crippen MR) is 74.9 cm³/mol. The minimum Gasteiger partial charge on any atom is -0.387 e. The zero-order valence-electron chi connectivity index (χ0n) is 11.4. The van der Waals surface area contributed by atoms with Crippen LogP contribution in [-0.4, -0.2) is 30.4 Å². The molecule has 0 aromatic heterocycles. The molecule has 3 heteroatoms. The number of nitrogens with one attached hydrogen (secondary N) is 1. The van der Waals surface area contributed by atoms with Crippen molar-refractivity contribution in [1.29, 1.82) is 0 Å². The minimum atomic E-state index is 0.152. The second-order valence-corrected chi connectivity index (χ2v) is 5.27. The molecule has 1 fully saturated rings. The highest BCUT2D eigenvalue weighted by atomic mass is 16.2. The van der Waals surface area contributed by atoms with Gasteiger partial charge < -0.3 is 10.2 Å². The van der Waals surface area contributed by atoms with Crippen molar-refractivity contribution in [2.45, 2.75) is 32.7 Å². The standard InChI is InChI=1S/C15H22N2O/c1-11-8-9-17(12(2)10-11)15(18)13-6-4-5-7-14(13)16-3/h4-7,11-12,16H,8-10H2,1-3H3. The third-order valence-electron chi connectivity index (χ3n) is 3.83. The monoisotopic (exact) mass is 246 g/mol. The van der Waals surface area contributed by atoms with E-state index in [0.717, 1.165) is 36.6 Å². The van der Waals surface area contributed by atoms with Crippen LogP contribution >= 0.6 is 0 Å². The molecule has 2 rings (SSSR count). The Bertz CT molecular complexity index is 430. The molecule has 3 nitrogen and oxygen atoms in total. The van der Waals surface area contributed by atoms with Crippen LogP contribution in [0.1, 0.15) is 37.0 Å². The highest BCUT2D eigenvalue weighted by Gasteiger charge is 2.28. The van der Waals surface area contributed by atoms with Crippen LogP contribution in [0.15, 0.2) is 24.3 Å². The second kappa shape index (κ2) is 5.42. The fourth-order valence-electron chi connectivity index (χ4n) is 2.75. The van der Waals surface area contributed by atoms with Crippen molar-refractivity contribution in [3.8, 4) is 0 Å². The lowest BCUT2D eigenvalue weighted by Crippen LogP contribution is -2.44. The largest absolute Gasteiger partial charge is 0.387 e. The van der Waals surface area contributed by atoms with Crippen LogP contribution in [0.3, 0.4) is 0 Å². The first-order valence-electron chi connectivity index (χ1n) is 6.71. The molecule has 98 valence electrons. The number of rotatable bonds is 2. The van der Waals surface area contributed by atoms with Crippen LogP contribution in [-0.2, 0) is 0 Å². The van der Waals surface area contributed by atoms with E-state index in [1.54, 1.807) is 0 Å². The van der Waals surface area contributed by atoms with Crippen LogP contribution in [0.4, 0.5) is 5.69 Å². The first kappa shape index (κ1) is 12.9. The number of amides is 1. The van der Waals surface area contributed by atoms with E-state index in [2.05, 4.69) is 19.2 Å². The molecule has 1 saturated heterocycles. The Morgan fingerprint density at radius 1 is 1.33 bits per heavy atom. The Morgan fingerprint density at radius 2 is 2.06 bits per heavy atom. The lowest BCUT2D eigenvalue weighted by atomic mass is 9.92. The minimum absolute atomic E-state index is 0.152. The Hall–Kier alpha value is -1.51. The van der Waals surface area contributed by atoms with Gasteiger partial charge >= 0.3 is 0 Å². The fourth-order valence-corrected chi connectivity index (χ4v) is 2.75. The average Bonchev–Trinajstić information content (AvgIpc) is 2.38. The third kappa shape index (κ3) is 2.50. The molecule has 2 atom stereocenters. The van der Waals surface area contributed by atoms with E-state index in [9.17, 15) is 4.79 Å². The van der Waals surface area contributed by atoms with E-state index < -0.39 is 0 Å². The van der Waals surface area contributed by atoms with Crippen LogP contribution in [0.25, 0.3) is 0 Å². The van der Waals surface area contributed by atoms with Gasteiger partial charge in [-0.15, -0.1) is 0 Å². The highest BCUT2D eigenvalue weighted by molar-refractivity contribution is 5.99. The normalized spacial score (nSPS) is 23.8. The molecule has 0 spiro atoms. The van der Waals surface area contributed by atoms with Gasteiger partial charge in [0.2, 0.25) is 0 Å². The van der Waals surface area contributed by atoms with Gasteiger partial charge in [0.25, 0.3) is 5.91 Å². The van der Waals surface area contributed by atoms with Crippen molar-refractivity contribution < 1.29 is 4.79 Å². The summed E-state index contributed by atoms with van der Waals surface area (Å²) in [6.07, 6.45) is 2.21. The Labute approximate surface area is 109 Å². The fraction of sp³-hybridized carbons (Fsp3) is 0.533. The first-order valence-corrected chi connectivity index (χ1v) is 6.71. The summed E-state index contributed by atoms with van der Waals surface area (Å²) in [5.74, 6) is 0.878. The van der Waals surface area contributed by atoms with Crippen molar-refractivity contribution >= 4 is 11.6 Å². The summed E-state index contributed by atoms with van der Waals surface area (Å²) < 4.78 is 0. The molecule has 1 aromatic carbocycles. The number of benzene rings is 1. The Morgan fingerprint density at radius 3 is 2.72 bits per heavy atom. The number of likely N-dealkylation sites (tertiary alicyclic amines) is 1. The van der Waals surface area contributed by atoms with Gasteiger partial charge in [0, 0.05) is 25.3 Å². The lowest BCUT2D eigenvalue weighted by Gasteiger charge is -2.36. The molecule has 1 heterocycles. The molecule has 1 aliphatic heterocycles. The van der Waals surface area contributed by atoms with Gasteiger partial charge in [-0.25, -0.2) is 0 Å². The van der Waals surface area contributed by atoms with Crippen LogP contribution < -0.4 is 5.32 Å². The van der Waals surface area contributed by atoms with Crippen LogP contribution in [0, 0.1) is 5.92 Å². The van der Waals surface area contributed by atoms with Crippen LogP contribution in [0.5, 0.6) is 0 Å². The van der Waals surface area contributed by atoms with Gasteiger partial charge in [-0.1, -0.05) is 19.1 Å². The lowest BCUT2D eigenvalue weighted by molar-refractivity contribution is 0.0589. The van der Waals surface area contributed by atoms with Crippen molar-refractivity contribution in [2.24, 2.45) is 5.92 Å². The smallest absolute Gasteiger partial charge is 0.256 e. The maximum absolute atomic E-state index is 12.6. The van der Waals surface area contributed by atoms with Gasteiger partial charge in [0.1, 0.15) is 0 Å². The molecule has 1 aromatic rings. The number of hydrogen-bond acceptors (Lipinski definition) is 2. The summed E-state index contributed by atoms with van der Waals surface area (Å²) in [4.78, 5) is 14.6. The number of para-hydroxylation sites is 1. The van der Waals surface area contributed by atoms with Crippen LogP contribution in [0.2, 0.25) is 0 Å². The van der Waals surface area contributed by atoms with Gasteiger partial charge in [0.15, 0.2) is 0 Å². The SMILES string of the molecule is CNc1ccccc1C(=O)N1CCC(C)CC1C. The topological polar surface area (TPSA) is 32.3 Å². The zero-order chi connectivity index (χ0) is 13.1. The maximum atomic E-state index is 12.6. The predicted octanol–water partition coefficient (Wildman–Crippen LogP) is 2.99. The first-order chi connectivity index (χ1) is 8.63. The van der Waals surface area contributed by atoms with Gasteiger partial charge in [-0.3, -0.25) is 4.79 Å². The molecule has 1 aliphatic rings. The molecule has 1 N–H and O–H groups in total. The molecule has 2 unspecified atom stereocenters. The number of hydrogen-bond donors (Lipinski definition) is 1. The van der Waals surface area contributed by atoms with Crippen molar-refractivity contribution in [1.82, 2.24) is 4.90 Å². The summed E-state index contributed by atoms with van der Waals surface area (Å²) in [7, 11) is 1.85. The summed E-state index contributed by atoms with van der Waals surface area (Å²) in [6.45, 7) is 5.29. The molecule has 0 aliphatic carbocycles. The van der Waals surface area contributed by atoms with E-state index in [1.807, 2.05) is 36.2 Å².